The van der Waals surface area contributed by atoms with Crippen LogP contribution in [0, 0.1) is 0 Å². The standard InChI is InChI=1S/C25H44Cl4Si2/c1-7-9-11-16-20-30(26,27)24(3,4)23(22-18-14-13-15-19-22)25(5,6)31(28,29)21-17-12-10-8-2/h13-15,18-19,23H,7-12,16-17,20-21H2,1-6H3. The third-order valence-corrected chi connectivity index (χ3v) is 21.6. The summed E-state index contributed by atoms with van der Waals surface area (Å²) < 4.78 is 0. The highest BCUT2D eigenvalue weighted by Crippen LogP contribution is 2.67. The zero-order valence-electron chi connectivity index (χ0n) is 20.5. The molecule has 0 heterocycles. The van der Waals surface area contributed by atoms with Gasteiger partial charge >= 0.3 is 0 Å². The first-order chi connectivity index (χ1) is 14.3. The van der Waals surface area contributed by atoms with Gasteiger partial charge in [0.15, 0.2) is 0 Å². The molecule has 0 saturated heterocycles. The summed E-state index contributed by atoms with van der Waals surface area (Å²) in [4.78, 5) is 0. The molecule has 0 bridgehead atoms. The maximum atomic E-state index is 7.29. The van der Waals surface area contributed by atoms with Gasteiger partial charge < -0.3 is 0 Å². The number of hydrogen-bond acceptors (Lipinski definition) is 0. The van der Waals surface area contributed by atoms with E-state index in [1.807, 2.05) is 0 Å². The van der Waals surface area contributed by atoms with Gasteiger partial charge in [-0.1, -0.05) is 123 Å². The molecule has 1 aromatic rings. The second-order valence-corrected chi connectivity index (χ2v) is 25.6. The fourth-order valence-electron chi connectivity index (χ4n) is 5.00. The van der Waals surface area contributed by atoms with E-state index in [9.17, 15) is 0 Å². The van der Waals surface area contributed by atoms with E-state index in [1.54, 1.807) is 0 Å². The summed E-state index contributed by atoms with van der Waals surface area (Å²) in [5, 5.41) is -0.531. The second kappa shape index (κ2) is 13.0. The molecule has 1 aromatic carbocycles. The van der Waals surface area contributed by atoms with Gasteiger partial charge in [0.05, 0.1) is 0 Å². The van der Waals surface area contributed by atoms with Gasteiger partial charge in [0.1, 0.15) is 0 Å². The van der Waals surface area contributed by atoms with Crippen LogP contribution >= 0.6 is 44.3 Å². The summed E-state index contributed by atoms with van der Waals surface area (Å²) in [6.45, 7) is 8.33. The van der Waals surface area contributed by atoms with Crippen molar-refractivity contribution in [1.29, 1.82) is 0 Å². The fraction of sp³-hybridized carbons (Fsp3) is 0.760. The quantitative estimate of drug-likeness (QED) is 0.117. The molecule has 180 valence electrons. The molecule has 31 heavy (non-hydrogen) atoms. The molecule has 0 aliphatic rings. The Labute approximate surface area is 213 Å². The first-order valence-corrected chi connectivity index (χ1v) is 20.6. The third-order valence-electron chi connectivity index (χ3n) is 7.15. The van der Waals surface area contributed by atoms with Crippen LogP contribution in [0.2, 0.25) is 22.2 Å². The topological polar surface area (TPSA) is 0 Å². The molecule has 1 rings (SSSR count). The highest BCUT2D eigenvalue weighted by molar-refractivity contribution is 7.47. The van der Waals surface area contributed by atoms with Gasteiger partial charge in [0.25, 0.3) is 13.4 Å². The van der Waals surface area contributed by atoms with Crippen LogP contribution in [0.15, 0.2) is 30.3 Å². The number of halogens is 4. The Bertz CT molecular complexity index is 594. The van der Waals surface area contributed by atoms with Crippen molar-refractivity contribution < 1.29 is 0 Å². The second-order valence-electron chi connectivity index (χ2n) is 10.3. The average Bonchev–Trinajstić information content (AvgIpc) is 2.69. The highest BCUT2D eigenvalue weighted by atomic mass is 35.7. The van der Waals surface area contributed by atoms with Crippen molar-refractivity contribution in [3.8, 4) is 0 Å². The third kappa shape index (κ3) is 7.93. The van der Waals surface area contributed by atoms with E-state index in [-0.39, 0.29) is 16.0 Å². The van der Waals surface area contributed by atoms with E-state index < -0.39 is 13.4 Å². The van der Waals surface area contributed by atoms with Gasteiger partial charge in [-0.2, -0.15) is 0 Å². The monoisotopic (exact) mass is 540 g/mol. The van der Waals surface area contributed by atoms with E-state index in [0.717, 1.165) is 24.9 Å². The number of hydrogen-bond donors (Lipinski definition) is 0. The molecular formula is C25H44Cl4Si2. The molecule has 0 fully saturated rings. The minimum atomic E-state index is -2.61. The van der Waals surface area contributed by atoms with E-state index in [0.29, 0.717) is 0 Å². The van der Waals surface area contributed by atoms with Crippen molar-refractivity contribution in [2.75, 3.05) is 0 Å². The molecule has 0 nitrogen and oxygen atoms in total. The number of benzene rings is 1. The molecule has 0 aliphatic heterocycles. The van der Waals surface area contributed by atoms with Gasteiger partial charge in [-0.25, -0.2) is 0 Å². The molecule has 6 heteroatoms. The van der Waals surface area contributed by atoms with E-state index >= 15 is 0 Å². The lowest BCUT2D eigenvalue weighted by Gasteiger charge is -2.52. The highest BCUT2D eigenvalue weighted by Gasteiger charge is 2.60. The predicted octanol–water partition coefficient (Wildman–Crippen LogP) is 11.3. The lowest BCUT2D eigenvalue weighted by Crippen LogP contribution is -2.48. The smallest absolute Gasteiger partial charge is 0.145 e. The Kier molecular flexibility index (Phi) is 12.6. The van der Waals surface area contributed by atoms with Crippen molar-refractivity contribution >= 4 is 57.7 Å². The van der Waals surface area contributed by atoms with Crippen molar-refractivity contribution in [3.63, 3.8) is 0 Å². The zero-order chi connectivity index (χ0) is 23.8. The molecule has 0 radical (unpaired) electrons. The van der Waals surface area contributed by atoms with Gasteiger partial charge in [0.2, 0.25) is 0 Å². The van der Waals surface area contributed by atoms with E-state index in [4.69, 9.17) is 44.3 Å². The first-order valence-electron chi connectivity index (χ1n) is 12.2. The summed E-state index contributed by atoms with van der Waals surface area (Å²) >= 11 is 29.1. The maximum Gasteiger partial charge on any atom is 0.257 e. The van der Waals surface area contributed by atoms with E-state index in [2.05, 4.69) is 71.9 Å². The summed E-state index contributed by atoms with van der Waals surface area (Å²) in [7, 11) is 0. The Morgan fingerprint density at radius 2 is 1.03 bits per heavy atom. The van der Waals surface area contributed by atoms with Gasteiger partial charge in [0, 0.05) is 0 Å². The lowest BCUT2D eigenvalue weighted by atomic mass is 9.78. The van der Waals surface area contributed by atoms with Gasteiger partial charge in [-0.05, 0) is 33.6 Å². The van der Waals surface area contributed by atoms with E-state index in [1.165, 1.54) is 44.1 Å². The van der Waals surface area contributed by atoms with Crippen LogP contribution in [-0.2, 0) is 0 Å². The Morgan fingerprint density at radius 3 is 1.39 bits per heavy atom. The number of rotatable bonds is 15. The molecule has 0 aliphatic carbocycles. The predicted molar refractivity (Wildman–Crippen MR) is 150 cm³/mol. The number of unbranched alkanes of at least 4 members (excludes halogenated alkanes) is 6. The molecule has 0 N–H and O–H groups in total. The summed E-state index contributed by atoms with van der Waals surface area (Å²) in [5.74, 6) is 0.113. The van der Waals surface area contributed by atoms with Crippen LogP contribution in [0.3, 0.4) is 0 Å². The molecular weight excluding hydrogens is 498 g/mol. The first kappa shape index (κ1) is 29.8. The average molecular weight is 543 g/mol. The Balaban J connectivity index is 3.30. The molecule has 0 unspecified atom stereocenters. The van der Waals surface area contributed by atoms with Crippen LogP contribution < -0.4 is 0 Å². The largest absolute Gasteiger partial charge is 0.257 e. The van der Waals surface area contributed by atoms with Gasteiger partial charge in [-0.3, -0.25) is 0 Å². The van der Waals surface area contributed by atoms with Crippen LogP contribution in [-0.4, -0.2) is 13.4 Å². The summed E-state index contributed by atoms with van der Waals surface area (Å²) in [5.41, 5.74) is 1.26. The van der Waals surface area contributed by atoms with Crippen molar-refractivity contribution in [2.24, 2.45) is 0 Å². The summed E-state index contributed by atoms with van der Waals surface area (Å²) in [6, 6.07) is 12.5. The van der Waals surface area contributed by atoms with Crippen LogP contribution in [0.25, 0.3) is 0 Å². The van der Waals surface area contributed by atoms with Crippen molar-refractivity contribution in [2.45, 2.75) is 121 Å². The van der Waals surface area contributed by atoms with Crippen molar-refractivity contribution in [3.05, 3.63) is 35.9 Å². The lowest BCUT2D eigenvalue weighted by molar-refractivity contribution is 0.402. The SMILES string of the molecule is CCCCCC[Si](Cl)(Cl)C(C)(C)C(c1ccccc1)C(C)(C)[Si](Cl)(Cl)CCCCCC. The molecule has 0 aromatic heterocycles. The molecule has 0 saturated carbocycles. The minimum absolute atomic E-state index is 0.113. The van der Waals surface area contributed by atoms with Crippen molar-refractivity contribution in [1.82, 2.24) is 0 Å². The van der Waals surface area contributed by atoms with Crippen LogP contribution in [0.5, 0.6) is 0 Å². The zero-order valence-corrected chi connectivity index (χ0v) is 25.6. The maximum absolute atomic E-state index is 7.29. The molecule has 0 atom stereocenters. The minimum Gasteiger partial charge on any atom is -0.145 e. The van der Waals surface area contributed by atoms with Crippen LogP contribution in [0.4, 0.5) is 0 Å². The fourth-order valence-corrected chi connectivity index (χ4v) is 12.6. The normalized spacial score (nSPS) is 13.8. The van der Waals surface area contributed by atoms with Crippen LogP contribution in [0.1, 0.15) is 104 Å². The Morgan fingerprint density at radius 1 is 0.645 bits per heavy atom. The van der Waals surface area contributed by atoms with Gasteiger partial charge in [-0.15, -0.1) is 44.3 Å². The summed E-state index contributed by atoms with van der Waals surface area (Å²) in [6.07, 6.45) is 9.49. The molecule has 0 spiro atoms. The Hall–Kier alpha value is 0.814. The molecule has 0 amide bonds.